The van der Waals surface area contributed by atoms with Crippen molar-refractivity contribution in [2.45, 2.75) is 12.7 Å². The Hall–Kier alpha value is -3.16. The van der Waals surface area contributed by atoms with Crippen LogP contribution in [0.3, 0.4) is 0 Å². The molecule has 0 aliphatic heterocycles. The van der Waals surface area contributed by atoms with Gasteiger partial charge < -0.3 is 11.1 Å². The number of anilines is 1. The van der Waals surface area contributed by atoms with Crippen molar-refractivity contribution in [3.05, 3.63) is 65.5 Å². The molecule has 0 saturated heterocycles. The average molecular weight is 346 g/mol. The number of rotatable bonds is 3. The standard InChI is InChI=1S/C17H13F3N4O/c18-17(19,20)12-5-3-7-22-14(12)9-23-16(25)11-8-10-4-1-2-6-13(10)24-15(11)21/h1-8H,9H2,(H2,21,24)(H,23,25). The lowest BCUT2D eigenvalue weighted by Gasteiger charge is -2.13. The van der Waals surface area contributed by atoms with Gasteiger partial charge in [0.1, 0.15) is 5.82 Å². The fourth-order valence-electron chi connectivity index (χ4n) is 2.41. The number of fused-ring (bicyclic) bond motifs is 1. The number of alkyl halides is 3. The first-order valence-corrected chi connectivity index (χ1v) is 7.31. The Kier molecular flexibility index (Phi) is 4.26. The molecule has 0 unspecified atom stereocenters. The minimum absolute atomic E-state index is 0.00765. The predicted molar refractivity (Wildman–Crippen MR) is 86.6 cm³/mol. The number of amides is 1. The van der Waals surface area contributed by atoms with Gasteiger partial charge >= 0.3 is 6.18 Å². The third-order valence-electron chi connectivity index (χ3n) is 3.61. The van der Waals surface area contributed by atoms with Crippen molar-refractivity contribution in [2.75, 3.05) is 5.73 Å². The number of hydrogen-bond donors (Lipinski definition) is 2. The van der Waals surface area contributed by atoms with Crippen molar-refractivity contribution >= 4 is 22.6 Å². The predicted octanol–water partition coefficient (Wildman–Crippen LogP) is 3.16. The van der Waals surface area contributed by atoms with Crippen molar-refractivity contribution in [3.8, 4) is 0 Å². The largest absolute Gasteiger partial charge is 0.418 e. The molecule has 2 aromatic heterocycles. The summed E-state index contributed by atoms with van der Waals surface area (Å²) in [5.74, 6) is -0.609. The molecule has 5 nitrogen and oxygen atoms in total. The van der Waals surface area contributed by atoms with E-state index in [2.05, 4.69) is 15.3 Å². The second-order valence-corrected chi connectivity index (χ2v) is 5.29. The minimum Gasteiger partial charge on any atom is -0.383 e. The second kappa shape index (κ2) is 6.39. The number of carbonyl (C=O) groups is 1. The van der Waals surface area contributed by atoms with Gasteiger partial charge in [-0.2, -0.15) is 13.2 Å². The van der Waals surface area contributed by atoms with E-state index in [1.807, 2.05) is 0 Å². The van der Waals surface area contributed by atoms with Gasteiger partial charge in [0.25, 0.3) is 5.91 Å². The molecule has 0 fully saturated rings. The third kappa shape index (κ3) is 3.52. The van der Waals surface area contributed by atoms with Crippen LogP contribution in [0.4, 0.5) is 19.0 Å². The Bertz CT molecular complexity index is 941. The molecule has 0 spiro atoms. The molecule has 0 radical (unpaired) electrons. The molecule has 3 N–H and O–H groups in total. The number of carbonyl (C=O) groups excluding carboxylic acids is 1. The maximum Gasteiger partial charge on any atom is 0.418 e. The summed E-state index contributed by atoms with van der Waals surface area (Å²) in [7, 11) is 0. The van der Waals surface area contributed by atoms with Gasteiger partial charge in [-0.15, -0.1) is 0 Å². The average Bonchev–Trinajstić information content (AvgIpc) is 2.58. The summed E-state index contributed by atoms with van der Waals surface area (Å²) in [6.07, 6.45) is -3.31. The van der Waals surface area contributed by atoms with Gasteiger partial charge in [0.05, 0.1) is 28.9 Å². The quantitative estimate of drug-likeness (QED) is 0.763. The fraction of sp³-hybridized carbons (Fsp3) is 0.118. The van der Waals surface area contributed by atoms with Crippen LogP contribution in [0.15, 0.2) is 48.7 Å². The molecule has 0 bridgehead atoms. The van der Waals surface area contributed by atoms with E-state index in [1.165, 1.54) is 12.3 Å². The first-order valence-electron chi connectivity index (χ1n) is 7.31. The zero-order chi connectivity index (χ0) is 18.0. The Morgan fingerprint density at radius 3 is 2.68 bits per heavy atom. The molecule has 0 aliphatic rings. The van der Waals surface area contributed by atoms with Crippen molar-refractivity contribution < 1.29 is 18.0 Å². The number of nitrogens with two attached hydrogens (primary N) is 1. The fourth-order valence-corrected chi connectivity index (χ4v) is 2.41. The molecule has 25 heavy (non-hydrogen) atoms. The molecule has 0 atom stereocenters. The molecule has 1 aromatic carbocycles. The molecule has 1 amide bonds. The van der Waals surface area contributed by atoms with Crippen molar-refractivity contribution in [1.29, 1.82) is 0 Å². The highest BCUT2D eigenvalue weighted by Crippen LogP contribution is 2.30. The van der Waals surface area contributed by atoms with Gasteiger partial charge in [0, 0.05) is 11.6 Å². The van der Waals surface area contributed by atoms with Crippen LogP contribution >= 0.6 is 0 Å². The highest BCUT2D eigenvalue weighted by atomic mass is 19.4. The second-order valence-electron chi connectivity index (χ2n) is 5.29. The molecule has 128 valence electrons. The number of para-hydroxylation sites is 1. The third-order valence-corrected chi connectivity index (χ3v) is 3.61. The topological polar surface area (TPSA) is 80.9 Å². The first kappa shape index (κ1) is 16.7. The lowest BCUT2D eigenvalue weighted by atomic mass is 10.1. The van der Waals surface area contributed by atoms with Crippen LogP contribution in [-0.2, 0) is 12.7 Å². The highest BCUT2D eigenvalue weighted by molar-refractivity contribution is 6.01. The van der Waals surface area contributed by atoms with Crippen LogP contribution in [0.2, 0.25) is 0 Å². The zero-order valence-electron chi connectivity index (χ0n) is 12.8. The molecular formula is C17H13F3N4O. The minimum atomic E-state index is -4.54. The lowest BCUT2D eigenvalue weighted by molar-refractivity contribution is -0.138. The normalized spacial score (nSPS) is 11.5. The number of nitrogen functional groups attached to an aromatic ring is 1. The summed E-state index contributed by atoms with van der Waals surface area (Å²) in [4.78, 5) is 20.1. The van der Waals surface area contributed by atoms with Crippen LogP contribution < -0.4 is 11.1 Å². The number of aromatic nitrogens is 2. The van der Waals surface area contributed by atoms with E-state index in [1.54, 1.807) is 30.3 Å². The van der Waals surface area contributed by atoms with E-state index in [4.69, 9.17) is 5.73 Å². The van der Waals surface area contributed by atoms with Crippen molar-refractivity contribution in [2.24, 2.45) is 0 Å². The van der Waals surface area contributed by atoms with E-state index >= 15 is 0 Å². The van der Waals surface area contributed by atoms with Gasteiger partial charge in [-0.1, -0.05) is 18.2 Å². The van der Waals surface area contributed by atoms with Crippen LogP contribution in [-0.4, -0.2) is 15.9 Å². The molecule has 3 aromatic rings. The maximum absolute atomic E-state index is 13.0. The van der Waals surface area contributed by atoms with E-state index in [9.17, 15) is 18.0 Å². The van der Waals surface area contributed by atoms with E-state index in [-0.39, 0.29) is 23.6 Å². The number of hydrogen-bond acceptors (Lipinski definition) is 4. The van der Waals surface area contributed by atoms with Crippen LogP contribution in [0.5, 0.6) is 0 Å². The van der Waals surface area contributed by atoms with Crippen molar-refractivity contribution in [1.82, 2.24) is 15.3 Å². The van der Waals surface area contributed by atoms with Gasteiger partial charge in [-0.05, 0) is 24.3 Å². The van der Waals surface area contributed by atoms with Gasteiger partial charge in [-0.25, -0.2) is 4.98 Å². The maximum atomic E-state index is 13.0. The van der Waals surface area contributed by atoms with E-state index < -0.39 is 17.6 Å². The SMILES string of the molecule is Nc1nc2ccccc2cc1C(=O)NCc1ncccc1C(F)(F)F. The van der Waals surface area contributed by atoms with Crippen LogP contribution in [0, 0.1) is 0 Å². The molecule has 0 saturated carbocycles. The Labute approximate surface area is 140 Å². The summed E-state index contributed by atoms with van der Waals surface area (Å²) in [5.41, 5.74) is 5.36. The van der Waals surface area contributed by atoms with Crippen LogP contribution in [0.1, 0.15) is 21.6 Å². The van der Waals surface area contributed by atoms with Gasteiger partial charge in [0.2, 0.25) is 0 Å². The lowest BCUT2D eigenvalue weighted by Crippen LogP contribution is -2.26. The number of nitrogens with zero attached hydrogens (tertiary/aromatic N) is 2. The van der Waals surface area contributed by atoms with Crippen LogP contribution in [0.25, 0.3) is 10.9 Å². The Morgan fingerprint density at radius 2 is 1.92 bits per heavy atom. The van der Waals surface area contributed by atoms with Gasteiger partial charge in [0.15, 0.2) is 0 Å². The zero-order valence-corrected chi connectivity index (χ0v) is 12.8. The Morgan fingerprint density at radius 1 is 1.16 bits per heavy atom. The monoisotopic (exact) mass is 346 g/mol. The summed E-state index contributed by atoms with van der Waals surface area (Å²) in [6, 6.07) is 10.7. The smallest absolute Gasteiger partial charge is 0.383 e. The summed E-state index contributed by atoms with van der Waals surface area (Å²) in [6.45, 7) is -0.374. The summed E-state index contributed by atoms with van der Waals surface area (Å²) in [5, 5.41) is 3.12. The molecule has 3 rings (SSSR count). The number of halogens is 3. The molecular weight excluding hydrogens is 333 g/mol. The summed E-state index contributed by atoms with van der Waals surface area (Å²) >= 11 is 0. The number of pyridine rings is 2. The highest BCUT2D eigenvalue weighted by Gasteiger charge is 2.33. The number of benzene rings is 1. The first-order chi connectivity index (χ1) is 11.9. The Balaban J connectivity index is 1.83. The van der Waals surface area contributed by atoms with E-state index in [0.717, 1.165) is 6.07 Å². The molecule has 2 heterocycles. The van der Waals surface area contributed by atoms with Gasteiger partial charge in [-0.3, -0.25) is 9.78 Å². The molecule has 8 heteroatoms. The number of nitrogens with one attached hydrogen (secondary N) is 1. The van der Waals surface area contributed by atoms with Crippen molar-refractivity contribution in [3.63, 3.8) is 0 Å². The van der Waals surface area contributed by atoms with E-state index in [0.29, 0.717) is 10.9 Å². The molecule has 0 aliphatic carbocycles. The summed E-state index contributed by atoms with van der Waals surface area (Å²) < 4.78 is 38.9.